The second kappa shape index (κ2) is 12.6. The number of aromatic hydroxyl groups is 1. The Morgan fingerprint density at radius 3 is 2.27 bits per heavy atom. The van der Waals surface area contributed by atoms with Gasteiger partial charge >= 0.3 is 0 Å². The third-order valence-electron chi connectivity index (χ3n) is 5.91. The fourth-order valence-electron chi connectivity index (χ4n) is 3.93. The van der Waals surface area contributed by atoms with Crippen LogP contribution in [0.1, 0.15) is 43.6 Å². The van der Waals surface area contributed by atoms with Crippen LogP contribution in [0.15, 0.2) is 21.7 Å². The fourth-order valence-corrected chi connectivity index (χ4v) is 3.93. The van der Waals surface area contributed by atoms with Gasteiger partial charge in [-0.05, 0) is 44.0 Å². The molecule has 1 amide bonds. The van der Waals surface area contributed by atoms with Crippen LogP contribution in [0.2, 0.25) is 0 Å². The van der Waals surface area contributed by atoms with E-state index >= 15 is 0 Å². The van der Waals surface area contributed by atoms with Crippen molar-refractivity contribution >= 4 is 34.2 Å². The van der Waals surface area contributed by atoms with E-state index in [1.54, 1.807) is 6.20 Å². The number of carbonyl (C=O) groups is 1. The maximum Gasteiger partial charge on any atom is 0.253 e. The van der Waals surface area contributed by atoms with Gasteiger partial charge in [-0.3, -0.25) is 14.4 Å². The van der Waals surface area contributed by atoms with Crippen molar-refractivity contribution in [3.63, 3.8) is 0 Å². The maximum atomic E-state index is 13.0. The lowest BCUT2D eigenvalue weighted by molar-refractivity contribution is 0.0955. The van der Waals surface area contributed by atoms with Crippen molar-refractivity contribution in [1.29, 1.82) is 0 Å². The molecule has 0 saturated carbocycles. The molecule has 0 spiro atoms. The second-order valence-electron chi connectivity index (χ2n) is 10.1. The number of hydrogen-bond donors (Lipinski definition) is 6. The summed E-state index contributed by atoms with van der Waals surface area (Å²) in [7, 11) is 0. The van der Waals surface area contributed by atoms with E-state index < -0.39 is 10.9 Å². The van der Waals surface area contributed by atoms with Crippen LogP contribution in [-0.4, -0.2) is 60.3 Å². The van der Waals surface area contributed by atoms with Crippen molar-refractivity contribution in [3.05, 3.63) is 48.9 Å². The number of fused-ring (bicyclic) bond motifs is 2. The number of nitrogens with one attached hydrogen (secondary N) is 5. The van der Waals surface area contributed by atoms with Gasteiger partial charge in [0.15, 0.2) is 0 Å². The number of aromatic amines is 1. The zero-order valence-corrected chi connectivity index (χ0v) is 22.2. The Hall–Kier alpha value is -3.50. The molecule has 6 N–H and O–H groups in total. The van der Waals surface area contributed by atoms with Crippen LogP contribution in [0.25, 0.3) is 28.3 Å². The number of phenolic OH excluding ortho intramolecular Hbond substituents is 1. The van der Waals surface area contributed by atoms with Gasteiger partial charge in [0, 0.05) is 37.9 Å². The third kappa shape index (κ3) is 6.84. The molecule has 0 saturated heterocycles. The van der Waals surface area contributed by atoms with E-state index in [1.165, 1.54) is 19.1 Å². The monoisotopic (exact) mass is 510 g/mol. The van der Waals surface area contributed by atoms with Crippen molar-refractivity contribution in [2.75, 3.05) is 39.3 Å². The van der Waals surface area contributed by atoms with Crippen LogP contribution in [-0.2, 0) is 0 Å². The molecule has 10 heteroatoms. The number of benzene rings is 2. The van der Waals surface area contributed by atoms with E-state index in [0.717, 1.165) is 13.1 Å². The van der Waals surface area contributed by atoms with E-state index in [0.29, 0.717) is 43.2 Å². The third-order valence-corrected chi connectivity index (χ3v) is 5.91. The topological polar surface area (TPSA) is 148 Å². The Balaban J connectivity index is 1.99. The van der Waals surface area contributed by atoms with Gasteiger partial charge in [-0.2, -0.15) is 0 Å². The van der Waals surface area contributed by atoms with Crippen molar-refractivity contribution < 1.29 is 9.90 Å². The van der Waals surface area contributed by atoms with Crippen LogP contribution >= 0.6 is 0 Å². The van der Waals surface area contributed by atoms with Gasteiger partial charge in [-0.1, -0.05) is 27.7 Å². The van der Waals surface area contributed by atoms with Crippen LogP contribution < -0.4 is 37.3 Å². The highest BCUT2D eigenvalue weighted by Gasteiger charge is 2.18. The van der Waals surface area contributed by atoms with Gasteiger partial charge in [0.1, 0.15) is 22.3 Å². The number of rotatable bonds is 12. The van der Waals surface area contributed by atoms with Crippen molar-refractivity contribution in [2.45, 2.75) is 34.6 Å². The number of aromatic nitrogens is 2. The maximum absolute atomic E-state index is 13.0. The Labute approximate surface area is 215 Å². The minimum atomic E-state index is -0.446. The summed E-state index contributed by atoms with van der Waals surface area (Å²) < 4.78 is 0. The van der Waals surface area contributed by atoms with Gasteiger partial charge in [-0.25, -0.2) is 4.98 Å². The zero-order chi connectivity index (χ0) is 27.1. The number of phenols is 1. The molecule has 0 aliphatic rings. The van der Waals surface area contributed by atoms with Crippen molar-refractivity contribution in [2.24, 2.45) is 11.8 Å². The van der Waals surface area contributed by atoms with E-state index in [-0.39, 0.29) is 44.9 Å². The summed E-state index contributed by atoms with van der Waals surface area (Å²) in [6.07, 6.45) is 1.60. The lowest BCUT2D eigenvalue weighted by Gasteiger charge is -2.11. The quantitative estimate of drug-likeness (QED) is 0.154. The Morgan fingerprint density at radius 2 is 1.62 bits per heavy atom. The number of hydrogen-bond acceptors (Lipinski definition) is 8. The summed E-state index contributed by atoms with van der Waals surface area (Å²) in [4.78, 5) is 46.1. The average Bonchev–Trinajstić information content (AvgIpc) is 2.85. The van der Waals surface area contributed by atoms with Gasteiger partial charge in [0.05, 0.1) is 16.3 Å². The molecule has 0 bridgehead atoms. The standard InChI is InChI=1S/C27H38N6O4/c1-15(2)12-28-8-9-30-14-19-22-24(26(36)17(5)25(19)35)33-21-18(6-7-20(34)23(21)32-22)27(37)31-11-10-29-13-16(3)4/h6-7,14-16,28-30,33,35H,8-13H2,1-5H3,(H,31,37)/b19-14-. The molecule has 2 aromatic carbocycles. The lowest BCUT2D eigenvalue weighted by Crippen LogP contribution is -2.33. The van der Waals surface area contributed by atoms with Crippen LogP contribution in [0.5, 0.6) is 5.75 Å². The van der Waals surface area contributed by atoms with E-state index in [2.05, 4.69) is 58.9 Å². The van der Waals surface area contributed by atoms with E-state index in [1.807, 2.05) is 0 Å². The molecule has 3 rings (SSSR count). The summed E-state index contributed by atoms with van der Waals surface area (Å²) in [5, 5.41) is 23.6. The smallest absolute Gasteiger partial charge is 0.253 e. The molecule has 1 aromatic heterocycles. The number of nitrogens with zero attached hydrogens (tertiary/aromatic N) is 1. The second-order valence-corrected chi connectivity index (χ2v) is 10.1. The highest BCUT2D eigenvalue weighted by atomic mass is 16.3. The predicted molar refractivity (Wildman–Crippen MR) is 148 cm³/mol. The average molecular weight is 511 g/mol. The number of H-pyrrole nitrogens is 1. The minimum absolute atomic E-state index is 0.0222. The molecule has 0 unspecified atom stereocenters. The molecule has 0 fully saturated rings. The fraction of sp³-hybridized carbons (Fsp3) is 0.481. The highest BCUT2D eigenvalue weighted by molar-refractivity contribution is 6.06. The first kappa shape index (κ1) is 28.1. The summed E-state index contributed by atoms with van der Waals surface area (Å²) in [6.45, 7) is 14.0. The van der Waals surface area contributed by atoms with Crippen LogP contribution in [0.4, 0.5) is 0 Å². The SMILES string of the molecule is Cc1c(O)/c(=C\NCCNCC(C)C)c2nc3c(=O)ccc(C(=O)NCCNCC(C)C)c3[nH]c2c1=O. The summed E-state index contributed by atoms with van der Waals surface area (Å²) in [6, 6.07) is 2.72. The summed E-state index contributed by atoms with van der Waals surface area (Å²) >= 11 is 0. The summed E-state index contributed by atoms with van der Waals surface area (Å²) in [5.41, 5.74) is 0.0171. The van der Waals surface area contributed by atoms with Gasteiger partial charge in [0.2, 0.25) is 10.9 Å². The first-order chi connectivity index (χ1) is 17.6. The van der Waals surface area contributed by atoms with Gasteiger partial charge in [-0.15, -0.1) is 0 Å². The van der Waals surface area contributed by atoms with Gasteiger partial charge < -0.3 is 31.4 Å². The highest BCUT2D eigenvalue weighted by Crippen LogP contribution is 2.17. The zero-order valence-electron chi connectivity index (χ0n) is 22.2. The van der Waals surface area contributed by atoms with Gasteiger partial charge in [0.25, 0.3) is 5.91 Å². The summed E-state index contributed by atoms with van der Waals surface area (Å²) in [5.74, 6) is 0.461. The molecular weight excluding hydrogens is 472 g/mol. The van der Waals surface area contributed by atoms with E-state index in [9.17, 15) is 19.5 Å². The molecule has 0 radical (unpaired) electrons. The largest absolute Gasteiger partial charge is 0.507 e. The van der Waals surface area contributed by atoms with Crippen LogP contribution in [0, 0.1) is 18.8 Å². The molecule has 10 nitrogen and oxygen atoms in total. The molecule has 3 aromatic rings. The Morgan fingerprint density at radius 1 is 0.973 bits per heavy atom. The number of carbonyl (C=O) groups excluding carboxylic acids is 1. The normalized spacial score (nSPS) is 12.2. The lowest BCUT2D eigenvalue weighted by atomic mass is 10.1. The first-order valence-electron chi connectivity index (χ1n) is 12.8. The molecule has 200 valence electrons. The molecular formula is C27H38N6O4. The predicted octanol–water partition coefficient (Wildman–Crippen LogP) is 0.718. The molecule has 0 atom stereocenters. The molecule has 1 heterocycles. The minimum Gasteiger partial charge on any atom is -0.507 e. The Bertz CT molecular complexity index is 1430. The van der Waals surface area contributed by atoms with E-state index in [4.69, 9.17) is 0 Å². The van der Waals surface area contributed by atoms with Crippen molar-refractivity contribution in [1.82, 2.24) is 31.2 Å². The molecule has 0 aliphatic carbocycles. The van der Waals surface area contributed by atoms with Crippen LogP contribution in [0.3, 0.4) is 0 Å². The number of amides is 1. The molecule has 37 heavy (non-hydrogen) atoms. The van der Waals surface area contributed by atoms with Crippen molar-refractivity contribution in [3.8, 4) is 5.75 Å². The Kier molecular flexibility index (Phi) is 9.60. The molecule has 0 aliphatic heterocycles. The first-order valence-corrected chi connectivity index (χ1v) is 12.8.